The van der Waals surface area contributed by atoms with E-state index in [1.54, 1.807) is 17.1 Å². The van der Waals surface area contributed by atoms with Gasteiger partial charge in [0.05, 0.1) is 6.20 Å². The predicted octanol–water partition coefficient (Wildman–Crippen LogP) is 2.30. The minimum absolute atomic E-state index is 0.0963. The summed E-state index contributed by atoms with van der Waals surface area (Å²) < 4.78 is 27.9. The first-order valence-electron chi connectivity index (χ1n) is 6.18. The van der Waals surface area contributed by atoms with Crippen LogP contribution in [0.15, 0.2) is 30.6 Å². The van der Waals surface area contributed by atoms with Gasteiger partial charge in [-0.15, -0.1) is 5.10 Å². The molecule has 102 valence electrons. The Kier molecular flexibility index (Phi) is 4.57. The summed E-state index contributed by atoms with van der Waals surface area (Å²) in [6.07, 6.45) is 4.29. The largest absolute Gasteiger partial charge is 0.310 e. The number of nitrogens with zero attached hydrogens (tertiary/aromatic N) is 3. The second-order valence-corrected chi connectivity index (χ2v) is 4.40. The molecule has 0 radical (unpaired) electrons. The lowest BCUT2D eigenvalue weighted by Gasteiger charge is -2.14. The van der Waals surface area contributed by atoms with Crippen LogP contribution in [0.3, 0.4) is 0 Å². The van der Waals surface area contributed by atoms with E-state index in [4.69, 9.17) is 0 Å². The summed E-state index contributed by atoms with van der Waals surface area (Å²) in [6, 6.07) is 3.47. The molecule has 4 nitrogen and oxygen atoms in total. The minimum Gasteiger partial charge on any atom is -0.310 e. The summed E-state index contributed by atoms with van der Waals surface area (Å²) in [5.41, 5.74) is 0.609. The molecule has 19 heavy (non-hydrogen) atoms. The Balaban J connectivity index is 1.79. The summed E-state index contributed by atoms with van der Waals surface area (Å²) in [7, 11) is 0. The molecule has 2 aromatic rings. The third-order valence-corrected chi connectivity index (χ3v) is 2.87. The van der Waals surface area contributed by atoms with Gasteiger partial charge in [-0.05, 0) is 37.6 Å². The molecule has 1 aromatic heterocycles. The highest BCUT2D eigenvalue weighted by Crippen LogP contribution is 2.15. The van der Waals surface area contributed by atoms with Crippen molar-refractivity contribution in [3.8, 4) is 0 Å². The van der Waals surface area contributed by atoms with Gasteiger partial charge >= 0.3 is 0 Å². The molecular weight excluding hydrogens is 250 g/mol. The summed E-state index contributed by atoms with van der Waals surface area (Å²) in [4.78, 5) is 0. The maximum atomic E-state index is 13.1. The molecule has 0 aliphatic rings. The Hall–Kier alpha value is -1.82. The van der Waals surface area contributed by atoms with Crippen molar-refractivity contribution in [2.75, 3.05) is 6.54 Å². The van der Waals surface area contributed by atoms with Crippen LogP contribution in [0.2, 0.25) is 0 Å². The molecule has 0 aliphatic carbocycles. The predicted molar refractivity (Wildman–Crippen MR) is 67.4 cm³/mol. The van der Waals surface area contributed by atoms with Crippen molar-refractivity contribution in [3.05, 3.63) is 47.8 Å². The lowest BCUT2D eigenvalue weighted by atomic mass is 10.1. The van der Waals surface area contributed by atoms with Crippen molar-refractivity contribution in [2.45, 2.75) is 25.9 Å². The number of aromatic nitrogens is 3. The van der Waals surface area contributed by atoms with Crippen molar-refractivity contribution in [1.82, 2.24) is 20.3 Å². The van der Waals surface area contributed by atoms with Crippen LogP contribution in [0.5, 0.6) is 0 Å². The molecular formula is C13H16F2N4. The summed E-state index contributed by atoms with van der Waals surface area (Å²) >= 11 is 0. The molecule has 0 saturated heterocycles. The Labute approximate surface area is 110 Å². The van der Waals surface area contributed by atoms with Gasteiger partial charge in [0.15, 0.2) is 0 Å². The minimum atomic E-state index is -0.550. The van der Waals surface area contributed by atoms with Crippen molar-refractivity contribution < 1.29 is 8.78 Å². The molecule has 1 heterocycles. The fourth-order valence-electron chi connectivity index (χ4n) is 1.85. The monoisotopic (exact) mass is 266 g/mol. The number of halogens is 2. The van der Waals surface area contributed by atoms with Gasteiger partial charge in [0.1, 0.15) is 11.6 Å². The molecule has 0 bridgehead atoms. The van der Waals surface area contributed by atoms with E-state index in [1.807, 2.05) is 6.92 Å². The smallest absolute Gasteiger partial charge is 0.126 e. The Morgan fingerprint density at radius 1 is 1.26 bits per heavy atom. The van der Waals surface area contributed by atoms with Gasteiger partial charge in [-0.3, -0.25) is 4.68 Å². The molecule has 0 fully saturated rings. The topological polar surface area (TPSA) is 42.7 Å². The van der Waals surface area contributed by atoms with E-state index in [0.29, 0.717) is 5.56 Å². The second kappa shape index (κ2) is 6.38. The van der Waals surface area contributed by atoms with E-state index >= 15 is 0 Å². The fourth-order valence-corrected chi connectivity index (χ4v) is 1.85. The van der Waals surface area contributed by atoms with Gasteiger partial charge in [0.25, 0.3) is 0 Å². The molecule has 1 aromatic carbocycles. The molecule has 0 aliphatic heterocycles. The normalized spacial score (nSPS) is 12.6. The van der Waals surface area contributed by atoms with Gasteiger partial charge in [0.2, 0.25) is 0 Å². The zero-order valence-electron chi connectivity index (χ0n) is 10.7. The van der Waals surface area contributed by atoms with Crippen LogP contribution < -0.4 is 5.32 Å². The number of hydrogen-bond acceptors (Lipinski definition) is 3. The molecule has 1 atom stereocenters. The first-order valence-corrected chi connectivity index (χ1v) is 6.18. The van der Waals surface area contributed by atoms with Crippen LogP contribution in [0, 0.1) is 11.6 Å². The van der Waals surface area contributed by atoms with Crippen molar-refractivity contribution in [3.63, 3.8) is 0 Å². The van der Waals surface area contributed by atoms with Gasteiger partial charge < -0.3 is 5.32 Å². The van der Waals surface area contributed by atoms with Crippen LogP contribution in [-0.4, -0.2) is 21.5 Å². The highest BCUT2D eigenvalue weighted by atomic mass is 19.1. The zero-order valence-corrected chi connectivity index (χ0v) is 10.7. The quantitative estimate of drug-likeness (QED) is 0.816. The highest BCUT2D eigenvalue weighted by molar-refractivity contribution is 5.20. The maximum Gasteiger partial charge on any atom is 0.126 e. The standard InChI is InChI=1S/C13H16F2N4/c1-10(11-7-12(14)9-13(15)8-11)16-3-2-5-19-6-4-17-18-19/h4,6-10,16H,2-3,5H2,1H3. The summed E-state index contributed by atoms with van der Waals surface area (Å²) in [6.45, 7) is 3.38. The SMILES string of the molecule is CC(NCCCn1ccnn1)c1cc(F)cc(F)c1. The molecule has 1 unspecified atom stereocenters. The average molecular weight is 266 g/mol. The van der Waals surface area contributed by atoms with Gasteiger partial charge in [0, 0.05) is 24.8 Å². The molecule has 6 heteroatoms. The molecule has 1 N–H and O–H groups in total. The van der Waals surface area contributed by atoms with Crippen LogP contribution >= 0.6 is 0 Å². The first kappa shape index (κ1) is 13.6. The van der Waals surface area contributed by atoms with Crippen LogP contribution in [-0.2, 0) is 6.54 Å². The first-order chi connectivity index (χ1) is 9.15. The van der Waals surface area contributed by atoms with Gasteiger partial charge in [-0.25, -0.2) is 8.78 Å². The van der Waals surface area contributed by atoms with Gasteiger partial charge in [-0.2, -0.15) is 0 Å². The summed E-state index contributed by atoms with van der Waals surface area (Å²) in [5, 5.41) is 10.8. The van der Waals surface area contributed by atoms with Crippen LogP contribution in [0.4, 0.5) is 8.78 Å². The number of benzene rings is 1. The lowest BCUT2D eigenvalue weighted by Crippen LogP contribution is -2.21. The van der Waals surface area contributed by atoms with Gasteiger partial charge in [-0.1, -0.05) is 5.21 Å². The van der Waals surface area contributed by atoms with Crippen molar-refractivity contribution >= 4 is 0 Å². The lowest BCUT2D eigenvalue weighted by molar-refractivity contribution is 0.495. The maximum absolute atomic E-state index is 13.1. The number of rotatable bonds is 6. The fraction of sp³-hybridized carbons (Fsp3) is 0.385. The number of nitrogens with one attached hydrogen (secondary N) is 1. The zero-order chi connectivity index (χ0) is 13.7. The Bertz CT molecular complexity index is 493. The van der Waals surface area contributed by atoms with Crippen LogP contribution in [0.25, 0.3) is 0 Å². The summed E-state index contributed by atoms with van der Waals surface area (Å²) in [5.74, 6) is -1.10. The number of hydrogen-bond donors (Lipinski definition) is 1. The third kappa shape index (κ3) is 4.10. The Morgan fingerprint density at radius 2 is 2.00 bits per heavy atom. The molecule has 2 rings (SSSR count). The average Bonchev–Trinajstić information content (AvgIpc) is 2.86. The van der Waals surface area contributed by atoms with Crippen molar-refractivity contribution in [2.24, 2.45) is 0 Å². The Morgan fingerprint density at radius 3 is 2.63 bits per heavy atom. The second-order valence-electron chi connectivity index (χ2n) is 4.40. The van der Waals surface area contributed by atoms with Crippen LogP contribution in [0.1, 0.15) is 24.9 Å². The van der Waals surface area contributed by atoms with E-state index in [-0.39, 0.29) is 6.04 Å². The highest BCUT2D eigenvalue weighted by Gasteiger charge is 2.07. The van der Waals surface area contributed by atoms with E-state index in [9.17, 15) is 8.78 Å². The third-order valence-electron chi connectivity index (χ3n) is 2.87. The molecule has 0 saturated carbocycles. The van der Waals surface area contributed by atoms with E-state index in [2.05, 4.69) is 15.6 Å². The van der Waals surface area contributed by atoms with E-state index in [1.165, 1.54) is 12.1 Å². The number of aryl methyl sites for hydroxylation is 1. The molecule has 0 spiro atoms. The molecule has 0 amide bonds. The van der Waals surface area contributed by atoms with E-state index in [0.717, 1.165) is 25.6 Å². The van der Waals surface area contributed by atoms with Crippen molar-refractivity contribution in [1.29, 1.82) is 0 Å². The van der Waals surface area contributed by atoms with E-state index < -0.39 is 11.6 Å².